The maximum absolute atomic E-state index is 13.6. The molecule has 2 N–H and O–H groups in total. The zero-order chi connectivity index (χ0) is 18.5. The van der Waals surface area contributed by atoms with Crippen LogP contribution in [0.4, 0.5) is 10.1 Å². The quantitative estimate of drug-likeness (QED) is 0.822. The molecule has 1 aromatic heterocycles. The van der Waals surface area contributed by atoms with E-state index in [2.05, 4.69) is 10.3 Å². The Morgan fingerprint density at radius 1 is 1.35 bits per heavy atom. The van der Waals surface area contributed by atoms with Gasteiger partial charge in [-0.05, 0) is 37.1 Å². The number of carboxylic acids is 1. The number of benzene rings is 1. The molecule has 2 aromatic rings. The Morgan fingerprint density at radius 2 is 2.19 bits per heavy atom. The van der Waals surface area contributed by atoms with Crippen molar-refractivity contribution in [3.63, 3.8) is 0 Å². The van der Waals surface area contributed by atoms with Gasteiger partial charge in [0.1, 0.15) is 23.9 Å². The molecule has 136 valence electrons. The van der Waals surface area contributed by atoms with E-state index in [0.717, 1.165) is 25.0 Å². The first-order valence-electron chi connectivity index (χ1n) is 8.07. The van der Waals surface area contributed by atoms with E-state index in [0.29, 0.717) is 19.0 Å². The molecular weight excluding hydrogens is 343 g/mol. The monoisotopic (exact) mass is 360 g/mol. The second-order valence-corrected chi connectivity index (χ2v) is 5.78. The Balaban J connectivity index is 1.75. The molecule has 1 aliphatic rings. The van der Waals surface area contributed by atoms with Crippen LogP contribution in [-0.2, 0) is 4.74 Å². The fraction of sp³-hybridized carbons (Fsp3) is 0.278. The van der Waals surface area contributed by atoms with E-state index >= 15 is 0 Å². The third kappa shape index (κ3) is 4.34. The summed E-state index contributed by atoms with van der Waals surface area (Å²) in [7, 11) is 0. The lowest BCUT2D eigenvalue weighted by Crippen LogP contribution is -2.19. The van der Waals surface area contributed by atoms with Gasteiger partial charge in [0, 0.05) is 18.9 Å². The second-order valence-electron chi connectivity index (χ2n) is 5.78. The number of carbonyl (C=O) groups excluding carboxylic acids is 1. The summed E-state index contributed by atoms with van der Waals surface area (Å²) >= 11 is 0. The molecule has 1 aromatic carbocycles. The lowest BCUT2D eigenvalue weighted by molar-refractivity contribution is 0.0681. The van der Waals surface area contributed by atoms with Crippen molar-refractivity contribution in [3.05, 3.63) is 53.6 Å². The van der Waals surface area contributed by atoms with Crippen molar-refractivity contribution < 1.29 is 28.6 Å². The molecule has 1 unspecified atom stereocenters. The number of aromatic nitrogens is 1. The predicted molar refractivity (Wildman–Crippen MR) is 90.0 cm³/mol. The van der Waals surface area contributed by atoms with Crippen molar-refractivity contribution in [1.82, 2.24) is 4.98 Å². The summed E-state index contributed by atoms with van der Waals surface area (Å²) in [6, 6.07) is 6.19. The normalized spacial score (nSPS) is 16.3. The van der Waals surface area contributed by atoms with Gasteiger partial charge in [-0.3, -0.25) is 9.78 Å². The van der Waals surface area contributed by atoms with Gasteiger partial charge in [0.15, 0.2) is 0 Å². The van der Waals surface area contributed by atoms with Crippen LogP contribution in [0.15, 0.2) is 36.5 Å². The van der Waals surface area contributed by atoms with E-state index in [9.17, 15) is 14.0 Å². The lowest BCUT2D eigenvalue weighted by atomic mass is 10.2. The Kier molecular flexibility index (Phi) is 5.43. The summed E-state index contributed by atoms with van der Waals surface area (Å²) in [5.74, 6) is -2.09. The first-order valence-corrected chi connectivity index (χ1v) is 8.07. The van der Waals surface area contributed by atoms with Crippen LogP contribution in [0.2, 0.25) is 0 Å². The number of hydrogen-bond donors (Lipinski definition) is 2. The Morgan fingerprint density at radius 3 is 2.92 bits per heavy atom. The van der Waals surface area contributed by atoms with E-state index in [1.54, 1.807) is 0 Å². The molecule has 1 aliphatic heterocycles. The summed E-state index contributed by atoms with van der Waals surface area (Å²) < 4.78 is 24.7. The fourth-order valence-corrected chi connectivity index (χ4v) is 2.56. The minimum atomic E-state index is -1.17. The number of carboxylic acid groups (broad SMARTS) is 1. The lowest BCUT2D eigenvalue weighted by Gasteiger charge is -2.15. The zero-order valence-corrected chi connectivity index (χ0v) is 13.8. The highest BCUT2D eigenvalue weighted by Crippen LogP contribution is 2.27. The summed E-state index contributed by atoms with van der Waals surface area (Å²) in [6.45, 7) is 0.980. The van der Waals surface area contributed by atoms with Crippen LogP contribution < -0.4 is 10.1 Å². The van der Waals surface area contributed by atoms with Gasteiger partial charge in [-0.25, -0.2) is 9.18 Å². The van der Waals surface area contributed by atoms with E-state index < -0.39 is 17.7 Å². The number of carbonyl (C=O) groups is 2. The van der Waals surface area contributed by atoms with Gasteiger partial charge in [-0.2, -0.15) is 0 Å². The van der Waals surface area contributed by atoms with Crippen molar-refractivity contribution in [3.8, 4) is 5.75 Å². The molecule has 1 fully saturated rings. The Bertz CT molecular complexity index is 821. The molecule has 0 radical (unpaired) electrons. The van der Waals surface area contributed by atoms with E-state index in [4.69, 9.17) is 14.6 Å². The average molecular weight is 360 g/mol. The van der Waals surface area contributed by atoms with Crippen molar-refractivity contribution in [2.75, 3.05) is 18.5 Å². The van der Waals surface area contributed by atoms with E-state index in [-0.39, 0.29) is 23.0 Å². The van der Waals surface area contributed by atoms with Gasteiger partial charge in [0.25, 0.3) is 5.91 Å². The van der Waals surface area contributed by atoms with Crippen molar-refractivity contribution in [2.24, 2.45) is 0 Å². The number of nitrogens with zero attached hydrogens (tertiary/aromatic N) is 1. The minimum absolute atomic E-state index is 0.0301. The van der Waals surface area contributed by atoms with Crippen LogP contribution >= 0.6 is 0 Å². The fourth-order valence-electron chi connectivity index (χ4n) is 2.56. The van der Waals surface area contributed by atoms with Gasteiger partial charge in [-0.1, -0.05) is 0 Å². The summed E-state index contributed by atoms with van der Waals surface area (Å²) in [5.41, 5.74) is -0.0333. The SMILES string of the molecule is O=C(O)c1ccnc(C(=O)Nc2cc(F)ccc2OCC2CCCO2)c1. The van der Waals surface area contributed by atoms with Gasteiger partial charge in [0.05, 0.1) is 17.4 Å². The molecule has 8 heteroatoms. The topological polar surface area (TPSA) is 97.8 Å². The molecule has 0 spiro atoms. The predicted octanol–water partition coefficient (Wildman–Crippen LogP) is 2.73. The van der Waals surface area contributed by atoms with Gasteiger partial charge >= 0.3 is 5.97 Å². The molecule has 1 saturated heterocycles. The van der Waals surface area contributed by atoms with Gasteiger partial charge in [0.2, 0.25) is 0 Å². The van der Waals surface area contributed by atoms with E-state index in [1.807, 2.05) is 0 Å². The van der Waals surface area contributed by atoms with Gasteiger partial charge < -0.3 is 19.9 Å². The zero-order valence-electron chi connectivity index (χ0n) is 13.8. The smallest absolute Gasteiger partial charge is 0.335 e. The number of halogens is 1. The number of hydrogen-bond acceptors (Lipinski definition) is 5. The number of aromatic carboxylic acids is 1. The molecule has 7 nitrogen and oxygen atoms in total. The Labute approximate surface area is 148 Å². The molecule has 0 bridgehead atoms. The largest absolute Gasteiger partial charge is 0.489 e. The molecule has 1 atom stereocenters. The van der Waals surface area contributed by atoms with Crippen LogP contribution in [0.25, 0.3) is 0 Å². The highest BCUT2D eigenvalue weighted by Gasteiger charge is 2.18. The van der Waals surface area contributed by atoms with E-state index in [1.165, 1.54) is 24.4 Å². The molecule has 3 rings (SSSR count). The highest BCUT2D eigenvalue weighted by molar-refractivity contribution is 6.04. The molecule has 2 heterocycles. The summed E-state index contributed by atoms with van der Waals surface area (Å²) in [6.07, 6.45) is 3.04. The third-order valence-corrected chi connectivity index (χ3v) is 3.88. The van der Waals surface area contributed by atoms with Crippen LogP contribution in [0.3, 0.4) is 0 Å². The van der Waals surface area contributed by atoms with Crippen LogP contribution in [0, 0.1) is 5.82 Å². The van der Waals surface area contributed by atoms with Crippen molar-refractivity contribution >= 4 is 17.6 Å². The number of nitrogens with one attached hydrogen (secondary N) is 1. The molecule has 1 amide bonds. The standard InChI is InChI=1S/C18H17FN2O5/c19-12-3-4-16(26-10-13-2-1-7-25-13)14(9-12)21-17(22)15-8-11(18(23)24)5-6-20-15/h3-6,8-9,13H,1-2,7,10H2,(H,21,22)(H,23,24). The highest BCUT2D eigenvalue weighted by atomic mass is 19.1. The molecular formula is C18H17FN2O5. The third-order valence-electron chi connectivity index (χ3n) is 3.88. The molecule has 0 aliphatic carbocycles. The number of amides is 1. The average Bonchev–Trinajstić information content (AvgIpc) is 3.14. The number of pyridine rings is 1. The summed E-state index contributed by atoms with van der Waals surface area (Å²) in [4.78, 5) is 27.2. The number of rotatable bonds is 6. The van der Waals surface area contributed by atoms with Crippen LogP contribution in [0.5, 0.6) is 5.75 Å². The molecule has 26 heavy (non-hydrogen) atoms. The summed E-state index contributed by atoms with van der Waals surface area (Å²) in [5, 5.41) is 11.5. The first kappa shape index (κ1) is 17.8. The molecule has 0 saturated carbocycles. The maximum Gasteiger partial charge on any atom is 0.335 e. The van der Waals surface area contributed by atoms with Gasteiger partial charge in [-0.15, -0.1) is 0 Å². The second kappa shape index (κ2) is 7.92. The maximum atomic E-state index is 13.6. The van der Waals surface area contributed by atoms with Crippen molar-refractivity contribution in [1.29, 1.82) is 0 Å². The van der Waals surface area contributed by atoms with Crippen molar-refractivity contribution in [2.45, 2.75) is 18.9 Å². The number of ether oxygens (including phenoxy) is 2. The minimum Gasteiger partial charge on any atom is -0.489 e. The number of anilines is 1. The Hall–Kier alpha value is -3.00. The van der Waals surface area contributed by atoms with Crippen LogP contribution in [-0.4, -0.2) is 41.3 Å². The van der Waals surface area contributed by atoms with Crippen LogP contribution in [0.1, 0.15) is 33.7 Å². The first-order chi connectivity index (χ1) is 12.5.